The summed E-state index contributed by atoms with van der Waals surface area (Å²) in [5, 5.41) is 0. The fourth-order valence-corrected chi connectivity index (χ4v) is 2.89. The Hall–Kier alpha value is -1.80. The first kappa shape index (κ1) is 13.2. The SMILES string of the molecule is Cc1ccccc1CC(N)c1cccc2c1OCCC2. The Kier molecular flexibility index (Phi) is 3.75. The van der Waals surface area contributed by atoms with Crippen molar-refractivity contribution in [3.05, 3.63) is 64.7 Å². The zero-order chi connectivity index (χ0) is 13.9. The highest BCUT2D eigenvalue weighted by molar-refractivity contribution is 5.45. The van der Waals surface area contributed by atoms with Crippen molar-refractivity contribution in [3.63, 3.8) is 0 Å². The summed E-state index contributed by atoms with van der Waals surface area (Å²) in [6, 6.07) is 14.8. The van der Waals surface area contributed by atoms with E-state index in [0.29, 0.717) is 0 Å². The van der Waals surface area contributed by atoms with Gasteiger partial charge in [0.2, 0.25) is 0 Å². The Bertz CT molecular complexity index is 606. The second-order valence-corrected chi connectivity index (χ2v) is 5.52. The molecule has 2 heteroatoms. The summed E-state index contributed by atoms with van der Waals surface area (Å²) in [7, 11) is 0. The summed E-state index contributed by atoms with van der Waals surface area (Å²) < 4.78 is 5.86. The van der Waals surface area contributed by atoms with Crippen LogP contribution < -0.4 is 10.5 Å². The second-order valence-electron chi connectivity index (χ2n) is 5.52. The van der Waals surface area contributed by atoms with Crippen LogP contribution in [0.4, 0.5) is 0 Å². The molecule has 2 N–H and O–H groups in total. The fraction of sp³-hybridized carbons (Fsp3) is 0.333. The minimum Gasteiger partial charge on any atom is -0.493 e. The van der Waals surface area contributed by atoms with Crippen LogP contribution in [0.3, 0.4) is 0 Å². The van der Waals surface area contributed by atoms with Gasteiger partial charge < -0.3 is 10.5 Å². The van der Waals surface area contributed by atoms with Gasteiger partial charge in [0.1, 0.15) is 5.75 Å². The van der Waals surface area contributed by atoms with Gasteiger partial charge in [0.05, 0.1) is 6.61 Å². The first-order chi connectivity index (χ1) is 9.75. The van der Waals surface area contributed by atoms with Gasteiger partial charge in [-0.2, -0.15) is 0 Å². The average Bonchev–Trinajstić information content (AvgIpc) is 2.49. The van der Waals surface area contributed by atoms with Gasteiger partial charge in [0, 0.05) is 11.6 Å². The van der Waals surface area contributed by atoms with E-state index in [1.54, 1.807) is 0 Å². The molecule has 1 heterocycles. The van der Waals surface area contributed by atoms with Gasteiger partial charge in [-0.05, 0) is 42.9 Å². The number of nitrogens with two attached hydrogens (primary N) is 1. The van der Waals surface area contributed by atoms with E-state index in [4.69, 9.17) is 10.5 Å². The van der Waals surface area contributed by atoms with E-state index in [0.717, 1.165) is 37.2 Å². The summed E-state index contributed by atoms with van der Waals surface area (Å²) in [4.78, 5) is 0. The van der Waals surface area contributed by atoms with Crippen LogP contribution in [0.2, 0.25) is 0 Å². The highest BCUT2D eigenvalue weighted by atomic mass is 16.5. The molecule has 1 aliphatic rings. The van der Waals surface area contributed by atoms with Crippen molar-refractivity contribution in [3.8, 4) is 5.75 Å². The third-order valence-corrected chi connectivity index (χ3v) is 4.06. The number of benzene rings is 2. The molecule has 0 saturated heterocycles. The molecule has 0 fully saturated rings. The van der Waals surface area contributed by atoms with Crippen LogP contribution in [0.1, 0.15) is 34.7 Å². The van der Waals surface area contributed by atoms with Crippen molar-refractivity contribution in [1.82, 2.24) is 0 Å². The molecular formula is C18H21NO. The van der Waals surface area contributed by atoms with Crippen LogP contribution in [0, 0.1) is 6.92 Å². The Morgan fingerprint density at radius 1 is 1.15 bits per heavy atom. The topological polar surface area (TPSA) is 35.2 Å². The maximum atomic E-state index is 6.44. The zero-order valence-corrected chi connectivity index (χ0v) is 11.9. The first-order valence-corrected chi connectivity index (χ1v) is 7.30. The first-order valence-electron chi connectivity index (χ1n) is 7.30. The van der Waals surface area contributed by atoms with Gasteiger partial charge in [0.25, 0.3) is 0 Å². The Morgan fingerprint density at radius 3 is 2.85 bits per heavy atom. The zero-order valence-electron chi connectivity index (χ0n) is 11.9. The summed E-state index contributed by atoms with van der Waals surface area (Å²) in [6.45, 7) is 2.94. The smallest absolute Gasteiger partial charge is 0.127 e. The molecule has 0 spiro atoms. The molecule has 2 nitrogen and oxygen atoms in total. The summed E-state index contributed by atoms with van der Waals surface area (Å²) >= 11 is 0. The van der Waals surface area contributed by atoms with Crippen LogP contribution in [0.25, 0.3) is 0 Å². The normalized spacial score (nSPS) is 15.3. The van der Waals surface area contributed by atoms with Crippen LogP contribution in [-0.4, -0.2) is 6.61 Å². The minimum absolute atomic E-state index is 0.0100. The highest BCUT2D eigenvalue weighted by Crippen LogP contribution is 2.33. The van der Waals surface area contributed by atoms with Gasteiger partial charge in [-0.3, -0.25) is 0 Å². The number of aryl methyl sites for hydroxylation is 2. The predicted octanol–water partition coefficient (Wildman–Crippen LogP) is 3.56. The number of ether oxygens (including phenoxy) is 1. The van der Waals surface area contributed by atoms with Gasteiger partial charge in [-0.15, -0.1) is 0 Å². The quantitative estimate of drug-likeness (QED) is 0.922. The van der Waals surface area contributed by atoms with Gasteiger partial charge >= 0.3 is 0 Å². The Labute approximate surface area is 120 Å². The lowest BCUT2D eigenvalue weighted by atomic mass is 9.93. The van der Waals surface area contributed by atoms with Crippen molar-refractivity contribution < 1.29 is 4.74 Å². The van der Waals surface area contributed by atoms with Crippen LogP contribution >= 0.6 is 0 Å². The molecule has 1 unspecified atom stereocenters. The van der Waals surface area contributed by atoms with E-state index in [1.165, 1.54) is 16.7 Å². The molecule has 0 radical (unpaired) electrons. The second kappa shape index (κ2) is 5.68. The number of rotatable bonds is 3. The minimum atomic E-state index is -0.0100. The lowest BCUT2D eigenvalue weighted by Crippen LogP contribution is -2.18. The van der Waals surface area contributed by atoms with E-state index in [2.05, 4.69) is 49.4 Å². The lowest BCUT2D eigenvalue weighted by Gasteiger charge is -2.23. The average molecular weight is 267 g/mol. The molecule has 0 aromatic heterocycles. The molecule has 20 heavy (non-hydrogen) atoms. The summed E-state index contributed by atoms with van der Waals surface area (Å²) in [6.07, 6.45) is 3.05. The third-order valence-electron chi connectivity index (χ3n) is 4.06. The van der Waals surface area contributed by atoms with E-state index < -0.39 is 0 Å². The van der Waals surface area contributed by atoms with Crippen LogP contribution in [0.15, 0.2) is 42.5 Å². The number of hydrogen-bond acceptors (Lipinski definition) is 2. The Balaban J connectivity index is 1.88. The van der Waals surface area contributed by atoms with Crippen molar-refractivity contribution in [2.45, 2.75) is 32.2 Å². The number of fused-ring (bicyclic) bond motifs is 1. The van der Waals surface area contributed by atoms with E-state index in [9.17, 15) is 0 Å². The van der Waals surface area contributed by atoms with Crippen molar-refractivity contribution in [2.24, 2.45) is 5.73 Å². The molecule has 104 valence electrons. The van der Waals surface area contributed by atoms with E-state index >= 15 is 0 Å². The van der Waals surface area contributed by atoms with Crippen molar-refractivity contribution in [2.75, 3.05) is 6.61 Å². The van der Waals surface area contributed by atoms with Crippen molar-refractivity contribution >= 4 is 0 Å². The molecule has 2 aromatic rings. The maximum absolute atomic E-state index is 6.44. The van der Waals surface area contributed by atoms with E-state index in [1.807, 2.05) is 0 Å². The molecule has 1 atom stereocenters. The molecule has 0 aliphatic carbocycles. The van der Waals surface area contributed by atoms with Gasteiger partial charge in [-0.1, -0.05) is 42.5 Å². The fourth-order valence-electron chi connectivity index (χ4n) is 2.89. The summed E-state index contributed by atoms with van der Waals surface area (Å²) in [5.41, 5.74) is 11.5. The van der Waals surface area contributed by atoms with Gasteiger partial charge in [0.15, 0.2) is 0 Å². The lowest BCUT2D eigenvalue weighted by molar-refractivity contribution is 0.283. The van der Waals surface area contributed by atoms with Crippen molar-refractivity contribution in [1.29, 1.82) is 0 Å². The van der Waals surface area contributed by atoms with Crippen LogP contribution in [-0.2, 0) is 12.8 Å². The molecular weight excluding hydrogens is 246 g/mol. The molecule has 1 aliphatic heterocycles. The van der Waals surface area contributed by atoms with Gasteiger partial charge in [-0.25, -0.2) is 0 Å². The number of hydrogen-bond donors (Lipinski definition) is 1. The molecule has 0 bridgehead atoms. The Morgan fingerprint density at radius 2 is 2.00 bits per heavy atom. The molecule has 0 saturated carbocycles. The van der Waals surface area contributed by atoms with E-state index in [-0.39, 0.29) is 6.04 Å². The maximum Gasteiger partial charge on any atom is 0.127 e. The summed E-state index contributed by atoms with van der Waals surface area (Å²) in [5.74, 6) is 1.03. The number of para-hydroxylation sites is 1. The standard InChI is InChI=1S/C18H21NO/c1-13-6-2-3-7-15(13)12-17(19)16-10-4-8-14-9-5-11-20-18(14)16/h2-4,6-8,10,17H,5,9,11-12,19H2,1H3. The third kappa shape index (κ3) is 2.56. The van der Waals surface area contributed by atoms with Crippen LogP contribution in [0.5, 0.6) is 5.75 Å². The monoisotopic (exact) mass is 267 g/mol. The largest absolute Gasteiger partial charge is 0.493 e. The molecule has 2 aromatic carbocycles. The predicted molar refractivity (Wildman–Crippen MR) is 82.1 cm³/mol. The molecule has 3 rings (SSSR count). The highest BCUT2D eigenvalue weighted by Gasteiger charge is 2.19. The molecule has 0 amide bonds.